The van der Waals surface area contributed by atoms with Gasteiger partial charge in [0.1, 0.15) is 11.4 Å². The number of carbonyl (C=O) groups excluding carboxylic acids is 2. The van der Waals surface area contributed by atoms with Crippen LogP contribution in [-0.2, 0) is 23.1 Å². The molecule has 2 spiro atoms. The van der Waals surface area contributed by atoms with Crippen molar-refractivity contribution in [2.75, 3.05) is 44.6 Å². The SMILES string of the molecule is CC(C)(C)OC(=O)N1CC2(CC(Nc3cc4c(cn3)C3(CC3)CN(C[C@H](O)CN3CCc5ccccc5C3)C4=O)C2)C1. The predicted molar refractivity (Wildman–Crippen MR) is 159 cm³/mol. The van der Waals surface area contributed by atoms with Crippen LogP contribution in [0.25, 0.3) is 0 Å². The number of anilines is 1. The summed E-state index contributed by atoms with van der Waals surface area (Å²) in [6.45, 7) is 10.5. The lowest BCUT2D eigenvalue weighted by Gasteiger charge is -2.58. The number of benzene rings is 1. The highest BCUT2D eigenvalue weighted by Gasteiger charge is 2.55. The first-order chi connectivity index (χ1) is 20.0. The molecule has 0 bridgehead atoms. The number of amides is 2. The monoisotopic (exact) mass is 573 g/mol. The van der Waals surface area contributed by atoms with Crippen LogP contribution in [0, 0.1) is 5.41 Å². The second-order valence-corrected chi connectivity index (χ2v) is 14.6. The Morgan fingerprint density at radius 3 is 2.60 bits per heavy atom. The van der Waals surface area contributed by atoms with E-state index >= 15 is 0 Å². The second kappa shape index (κ2) is 9.95. The maximum Gasteiger partial charge on any atom is 0.410 e. The van der Waals surface area contributed by atoms with Crippen molar-refractivity contribution >= 4 is 17.8 Å². The molecule has 9 nitrogen and oxygen atoms in total. The van der Waals surface area contributed by atoms with E-state index < -0.39 is 11.7 Å². The number of aliphatic hydroxyl groups excluding tert-OH is 1. The molecule has 224 valence electrons. The molecule has 0 radical (unpaired) electrons. The number of hydrogen-bond donors (Lipinski definition) is 2. The number of hydrogen-bond acceptors (Lipinski definition) is 7. The number of nitrogens with zero attached hydrogens (tertiary/aromatic N) is 4. The Morgan fingerprint density at radius 2 is 1.88 bits per heavy atom. The normalized spacial score (nSPS) is 23.1. The number of rotatable bonds is 6. The Bertz CT molecular complexity index is 1390. The number of nitrogens with one attached hydrogen (secondary N) is 1. The highest BCUT2D eigenvalue weighted by molar-refractivity contribution is 5.98. The summed E-state index contributed by atoms with van der Waals surface area (Å²) in [4.78, 5) is 36.7. The van der Waals surface area contributed by atoms with Crippen LogP contribution in [0.4, 0.5) is 10.6 Å². The minimum Gasteiger partial charge on any atom is -0.444 e. The van der Waals surface area contributed by atoms with Crippen LogP contribution in [0.2, 0.25) is 0 Å². The fourth-order valence-electron chi connectivity index (χ4n) is 7.65. The molecule has 3 aliphatic heterocycles. The molecule has 2 amide bonds. The van der Waals surface area contributed by atoms with E-state index in [1.165, 1.54) is 11.1 Å². The molecule has 2 aromatic rings. The van der Waals surface area contributed by atoms with Crippen LogP contribution < -0.4 is 5.32 Å². The maximum atomic E-state index is 13.7. The van der Waals surface area contributed by atoms with E-state index in [4.69, 9.17) is 9.72 Å². The van der Waals surface area contributed by atoms with Crippen molar-refractivity contribution in [3.05, 3.63) is 58.8 Å². The summed E-state index contributed by atoms with van der Waals surface area (Å²) in [5.41, 5.74) is 4.19. The van der Waals surface area contributed by atoms with Crippen molar-refractivity contribution in [2.45, 2.75) is 82.6 Å². The lowest BCUT2D eigenvalue weighted by Crippen LogP contribution is -2.66. The van der Waals surface area contributed by atoms with Crippen molar-refractivity contribution in [3.8, 4) is 0 Å². The van der Waals surface area contributed by atoms with Crippen LogP contribution in [0.15, 0.2) is 36.5 Å². The number of likely N-dealkylation sites (tertiary alicyclic amines) is 1. The summed E-state index contributed by atoms with van der Waals surface area (Å²) < 4.78 is 5.50. The molecule has 1 aromatic heterocycles. The largest absolute Gasteiger partial charge is 0.444 e. The first-order valence-electron chi connectivity index (χ1n) is 15.5. The third kappa shape index (κ3) is 5.26. The zero-order valence-electron chi connectivity index (χ0n) is 25.1. The van der Waals surface area contributed by atoms with Gasteiger partial charge in [0.15, 0.2) is 0 Å². The van der Waals surface area contributed by atoms with Gasteiger partial charge < -0.3 is 25.0 Å². The van der Waals surface area contributed by atoms with E-state index in [0.717, 1.165) is 75.2 Å². The molecule has 7 rings (SSSR count). The molecule has 1 saturated heterocycles. The summed E-state index contributed by atoms with van der Waals surface area (Å²) in [6, 6.07) is 10.7. The van der Waals surface area contributed by atoms with E-state index in [0.29, 0.717) is 19.6 Å². The number of β-amino-alcohol motifs (C(OH)–C–C–N with tert-alkyl or cyclic N) is 1. The fourth-order valence-corrected chi connectivity index (χ4v) is 7.65. The number of aromatic nitrogens is 1. The Balaban J connectivity index is 0.951. The van der Waals surface area contributed by atoms with Gasteiger partial charge in [0.25, 0.3) is 5.91 Å². The number of carbonyl (C=O) groups is 2. The van der Waals surface area contributed by atoms with Gasteiger partial charge in [-0.15, -0.1) is 0 Å². The van der Waals surface area contributed by atoms with E-state index in [2.05, 4.69) is 34.5 Å². The zero-order chi connectivity index (χ0) is 29.3. The van der Waals surface area contributed by atoms with Crippen molar-refractivity contribution < 1.29 is 19.4 Å². The lowest BCUT2D eigenvalue weighted by molar-refractivity contribution is -0.0739. The Labute approximate surface area is 248 Å². The summed E-state index contributed by atoms with van der Waals surface area (Å²) in [5, 5.41) is 14.6. The van der Waals surface area contributed by atoms with Gasteiger partial charge in [-0.2, -0.15) is 0 Å². The number of ether oxygens (including phenoxy) is 1. The smallest absolute Gasteiger partial charge is 0.410 e. The van der Waals surface area contributed by atoms with Gasteiger partial charge >= 0.3 is 6.09 Å². The molecule has 5 aliphatic rings. The minimum absolute atomic E-state index is 0.00640. The number of fused-ring (bicyclic) bond motifs is 3. The maximum absolute atomic E-state index is 13.7. The molecule has 9 heteroatoms. The molecule has 0 unspecified atom stereocenters. The van der Waals surface area contributed by atoms with Crippen molar-refractivity contribution in [1.29, 1.82) is 0 Å². The van der Waals surface area contributed by atoms with Crippen LogP contribution in [0.5, 0.6) is 0 Å². The van der Waals surface area contributed by atoms with Gasteiger partial charge in [0, 0.05) is 74.4 Å². The topological polar surface area (TPSA) is 98.2 Å². The Morgan fingerprint density at radius 1 is 1.14 bits per heavy atom. The third-order valence-electron chi connectivity index (χ3n) is 9.86. The van der Waals surface area contributed by atoms with E-state index in [9.17, 15) is 14.7 Å². The molecule has 2 N–H and O–H groups in total. The van der Waals surface area contributed by atoms with Crippen LogP contribution in [-0.4, -0.2) is 93.8 Å². The molecule has 2 saturated carbocycles. The summed E-state index contributed by atoms with van der Waals surface area (Å²) in [5.74, 6) is 0.726. The van der Waals surface area contributed by atoms with Gasteiger partial charge in [0.05, 0.1) is 6.10 Å². The molecule has 3 fully saturated rings. The van der Waals surface area contributed by atoms with Gasteiger partial charge in [-0.3, -0.25) is 9.69 Å². The zero-order valence-corrected chi connectivity index (χ0v) is 25.1. The summed E-state index contributed by atoms with van der Waals surface area (Å²) >= 11 is 0. The first kappa shape index (κ1) is 27.7. The molecular formula is C33H43N5O4. The fraction of sp³-hybridized carbons (Fsp3) is 0.606. The molecule has 42 heavy (non-hydrogen) atoms. The molecule has 4 heterocycles. The number of aliphatic hydroxyl groups is 1. The lowest BCUT2D eigenvalue weighted by atomic mass is 9.61. The van der Waals surface area contributed by atoms with Crippen LogP contribution in [0.1, 0.15) is 73.5 Å². The minimum atomic E-state index is -0.593. The standard InChI is InChI=1S/C33H43N5O4/c1-31(2,3)42-30(41)38-19-32(20-38)13-24(14-32)35-28-12-26-27(15-34-28)33(9-10-33)21-37(29(26)40)18-25(39)17-36-11-8-22-6-4-5-7-23(22)16-36/h4-7,12,15,24-25,39H,8-11,13-14,16-21H2,1-3H3,(H,34,35)/t25-/m1/s1. The van der Waals surface area contributed by atoms with Crippen molar-refractivity contribution in [3.63, 3.8) is 0 Å². The van der Waals surface area contributed by atoms with E-state index in [1.54, 1.807) is 4.90 Å². The quantitative estimate of drug-likeness (QED) is 0.543. The van der Waals surface area contributed by atoms with Gasteiger partial charge in [-0.1, -0.05) is 24.3 Å². The van der Waals surface area contributed by atoms with Gasteiger partial charge in [0.2, 0.25) is 0 Å². The Kier molecular flexibility index (Phi) is 6.55. The van der Waals surface area contributed by atoms with Crippen molar-refractivity contribution in [1.82, 2.24) is 19.7 Å². The van der Waals surface area contributed by atoms with E-state index in [1.807, 2.05) is 37.9 Å². The van der Waals surface area contributed by atoms with Crippen LogP contribution >= 0.6 is 0 Å². The average Bonchev–Trinajstić information content (AvgIpc) is 3.66. The molecular weight excluding hydrogens is 530 g/mol. The summed E-state index contributed by atoms with van der Waals surface area (Å²) in [7, 11) is 0. The second-order valence-electron chi connectivity index (χ2n) is 14.6. The van der Waals surface area contributed by atoms with Gasteiger partial charge in [-0.05, 0) is 75.6 Å². The predicted octanol–water partition coefficient (Wildman–Crippen LogP) is 3.80. The average molecular weight is 574 g/mol. The van der Waals surface area contributed by atoms with Crippen molar-refractivity contribution in [2.24, 2.45) is 5.41 Å². The summed E-state index contributed by atoms with van der Waals surface area (Å²) in [6.07, 6.45) is 6.13. The molecule has 2 aliphatic carbocycles. The first-order valence-corrected chi connectivity index (χ1v) is 15.5. The Hall–Kier alpha value is -3.17. The highest BCUT2D eigenvalue weighted by Crippen LogP contribution is 2.53. The highest BCUT2D eigenvalue weighted by atomic mass is 16.6. The molecule has 1 atom stereocenters. The third-order valence-corrected chi connectivity index (χ3v) is 9.86. The van der Waals surface area contributed by atoms with E-state index in [-0.39, 0.29) is 28.9 Å². The van der Waals surface area contributed by atoms with Gasteiger partial charge in [-0.25, -0.2) is 9.78 Å². The number of pyridine rings is 1. The molecule has 1 aromatic carbocycles. The van der Waals surface area contributed by atoms with Crippen LogP contribution in [0.3, 0.4) is 0 Å².